The van der Waals surface area contributed by atoms with Gasteiger partial charge in [-0.3, -0.25) is 4.79 Å². The number of halogens is 3. The fourth-order valence-electron chi connectivity index (χ4n) is 1.99. The Balaban J connectivity index is 2.72. The van der Waals surface area contributed by atoms with Gasteiger partial charge in [0.05, 0.1) is 5.56 Å². The van der Waals surface area contributed by atoms with Crippen molar-refractivity contribution in [1.82, 2.24) is 5.32 Å². The van der Waals surface area contributed by atoms with Crippen LogP contribution in [-0.4, -0.2) is 18.5 Å². The maximum Gasteiger partial charge on any atom is 0.416 e. The molecule has 1 unspecified atom stereocenters. The summed E-state index contributed by atoms with van der Waals surface area (Å²) in [4.78, 5) is 11.7. The summed E-state index contributed by atoms with van der Waals surface area (Å²) < 4.78 is 38.3. The van der Waals surface area contributed by atoms with Gasteiger partial charge >= 0.3 is 6.18 Å². The van der Waals surface area contributed by atoms with E-state index in [9.17, 15) is 18.0 Å². The molecule has 0 saturated heterocycles. The fourth-order valence-corrected chi connectivity index (χ4v) is 1.99. The molecule has 1 atom stereocenters. The molecule has 0 aromatic heterocycles. The van der Waals surface area contributed by atoms with Gasteiger partial charge in [-0.15, -0.1) is 0 Å². The second-order valence-electron chi connectivity index (χ2n) is 6.26. The third-order valence-corrected chi connectivity index (χ3v) is 3.53. The number of nitrogens with two attached hydrogens (primary N) is 1. The Morgan fingerprint density at radius 1 is 1.27 bits per heavy atom. The highest BCUT2D eigenvalue weighted by Crippen LogP contribution is 2.32. The molecule has 124 valence electrons. The van der Waals surface area contributed by atoms with E-state index >= 15 is 0 Å². The summed E-state index contributed by atoms with van der Waals surface area (Å²) in [7, 11) is 0. The van der Waals surface area contributed by atoms with Gasteiger partial charge in [-0.25, -0.2) is 0 Å². The Bertz CT molecular complexity index is 510. The SMILES string of the molecule is CC(N)CCC(=O)NCC(C)(C)c1cccc(C(F)(F)F)c1. The summed E-state index contributed by atoms with van der Waals surface area (Å²) in [6.07, 6.45) is -3.47. The first-order valence-electron chi connectivity index (χ1n) is 7.22. The molecule has 0 fully saturated rings. The highest BCUT2D eigenvalue weighted by molar-refractivity contribution is 5.76. The summed E-state index contributed by atoms with van der Waals surface area (Å²) in [5.74, 6) is -0.141. The minimum atomic E-state index is -4.37. The van der Waals surface area contributed by atoms with Crippen LogP contribution in [0.25, 0.3) is 0 Å². The first-order chi connectivity index (χ1) is 10.0. The van der Waals surface area contributed by atoms with Crippen LogP contribution in [0.5, 0.6) is 0 Å². The Morgan fingerprint density at radius 2 is 1.86 bits per heavy atom. The van der Waals surface area contributed by atoms with Crippen molar-refractivity contribution >= 4 is 5.91 Å². The Kier molecular flexibility index (Phi) is 6.00. The monoisotopic (exact) mass is 316 g/mol. The number of hydrogen-bond acceptors (Lipinski definition) is 2. The van der Waals surface area contributed by atoms with Crippen LogP contribution in [0.3, 0.4) is 0 Å². The lowest BCUT2D eigenvalue weighted by Gasteiger charge is -2.26. The van der Waals surface area contributed by atoms with Gasteiger partial charge in [-0.1, -0.05) is 32.0 Å². The predicted molar refractivity (Wildman–Crippen MR) is 80.4 cm³/mol. The summed E-state index contributed by atoms with van der Waals surface area (Å²) in [6, 6.07) is 5.15. The summed E-state index contributed by atoms with van der Waals surface area (Å²) in [5.41, 5.74) is 4.85. The number of amides is 1. The number of carbonyl (C=O) groups is 1. The Labute approximate surface area is 129 Å². The van der Waals surface area contributed by atoms with E-state index in [4.69, 9.17) is 5.73 Å². The second-order valence-corrected chi connectivity index (χ2v) is 6.26. The van der Waals surface area contributed by atoms with Crippen molar-refractivity contribution in [1.29, 1.82) is 0 Å². The number of rotatable bonds is 6. The van der Waals surface area contributed by atoms with Crippen LogP contribution < -0.4 is 11.1 Å². The van der Waals surface area contributed by atoms with Crippen molar-refractivity contribution in [2.45, 2.75) is 51.2 Å². The number of alkyl halides is 3. The van der Waals surface area contributed by atoms with Crippen LogP contribution in [0, 0.1) is 0 Å². The quantitative estimate of drug-likeness (QED) is 0.846. The smallest absolute Gasteiger partial charge is 0.355 e. The molecule has 1 rings (SSSR count). The summed E-state index contributed by atoms with van der Waals surface area (Å²) in [5, 5.41) is 2.76. The molecule has 0 bridgehead atoms. The maximum absolute atomic E-state index is 12.8. The Morgan fingerprint density at radius 3 is 2.41 bits per heavy atom. The summed E-state index contributed by atoms with van der Waals surface area (Å²) in [6.45, 7) is 5.69. The summed E-state index contributed by atoms with van der Waals surface area (Å²) >= 11 is 0. The maximum atomic E-state index is 12.8. The number of hydrogen-bond donors (Lipinski definition) is 2. The molecule has 0 aliphatic carbocycles. The van der Waals surface area contributed by atoms with E-state index in [1.165, 1.54) is 6.07 Å². The third kappa shape index (κ3) is 5.67. The van der Waals surface area contributed by atoms with Crippen LogP contribution >= 0.6 is 0 Å². The van der Waals surface area contributed by atoms with E-state index in [1.54, 1.807) is 19.9 Å². The lowest BCUT2D eigenvalue weighted by molar-refractivity contribution is -0.137. The van der Waals surface area contributed by atoms with Gasteiger partial charge in [0.15, 0.2) is 0 Å². The van der Waals surface area contributed by atoms with Crippen molar-refractivity contribution in [3.63, 3.8) is 0 Å². The first kappa shape index (κ1) is 18.5. The lowest BCUT2D eigenvalue weighted by atomic mass is 9.83. The van der Waals surface area contributed by atoms with Crippen LogP contribution in [0.1, 0.15) is 44.7 Å². The highest BCUT2D eigenvalue weighted by atomic mass is 19.4. The molecule has 1 amide bonds. The fraction of sp³-hybridized carbons (Fsp3) is 0.562. The molecule has 0 spiro atoms. The topological polar surface area (TPSA) is 55.1 Å². The standard InChI is InChI=1S/C16H23F3N2O/c1-11(20)7-8-14(22)21-10-15(2,3)12-5-4-6-13(9-12)16(17,18)19/h4-6,9,11H,7-8,10,20H2,1-3H3,(H,21,22). The number of nitrogens with one attached hydrogen (secondary N) is 1. The molecular weight excluding hydrogens is 293 g/mol. The first-order valence-corrected chi connectivity index (χ1v) is 7.22. The van der Waals surface area contributed by atoms with Crippen LogP contribution in [0.4, 0.5) is 13.2 Å². The minimum Gasteiger partial charge on any atom is -0.355 e. The average Bonchev–Trinajstić information content (AvgIpc) is 2.42. The molecule has 22 heavy (non-hydrogen) atoms. The average molecular weight is 316 g/mol. The van der Waals surface area contributed by atoms with Crippen LogP contribution in [-0.2, 0) is 16.4 Å². The van der Waals surface area contributed by atoms with E-state index in [0.29, 0.717) is 18.4 Å². The van der Waals surface area contributed by atoms with Crippen molar-refractivity contribution in [3.05, 3.63) is 35.4 Å². The zero-order valence-electron chi connectivity index (χ0n) is 13.1. The largest absolute Gasteiger partial charge is 0.416 e. The Hall–Kier alpha value is -1.56. The molecule has 0 aliphatic heterocycles. The van der Waals surface area contributed by atoms with E-state index in [1.807, 2.05) is 6.92 Å². The van der Waals surface area contributed by atoms with Crippen molar-refractivity contribution < 1.29 is 18.0 Å². The molecule has 1 aromatic rings. The second kappa shape index (κ2) is 7.13. The van der Waals surface area contributed by atoms with Crippen molar-refractivity contribution in [2.75, 3.05) is 6.54 Å². The molecular formula is C16H23F3N2O. The van der Waals surface area contributed by atoms with Gasteiger partial charge in [-0.05, 0) is 25.0 Å². The molecule has 6 heteroatoms. The van der Waals surface area contributed by atoms with Crippen LogP contribution in [0.2, 0.25) is 0 Å². The number of carbonyl (C=O) groups excluding carboxylic acids is 1. The van der Waals surface area contributed by atoms with Gasteiger partial charge in [0, 0.05) is 24.4 Å². The lowest BCUT2D eigenvalue weighted by Crippen LogP contribution is -2.37. The van der Waals surface area contributed by atoms with E-state index < -0.39 is 17.2 Å². The highest BCUT2D eigenvalue weighted by Gasteiger charge is 2.32. The predicted octanol–water partition coefficient (Wildman–Crippen LogP) is 3.23. The van der Waals surface area contributed by atoms with E-state index in [0.717, 1.165) is 12.1 Å². The molecule has 0 radical (unpaired) electrons. The zero-order valence-corrected chi connectivity index (χ0v) is 13.1. The van der Waals surface area contributed by atoms with Crippen molar-refractivity contribution in [3.8, 4) is 0 Å². The number of benzene rings is 1. The third-order valence-electron chi connectivity index (χ3n) is 3.53. The molecule has 0 heterocycles. The molecule has 3 N–H and O–H groups in total. The molecule has 3 nitrogen and oxygen atoms in total. The van der Waals surface area contributed by atoms with Gasteiger partial charge in [0.1, 0.15) is 0 Å². The van der Waals surface area contributed by atoms with E-state index in [2.05, 4.69) is 5.32 Å². The van der Waals surface area contributed by atoms with Gasteiger partial charge in [-0.2, -0.15) is 13.2 Å². The van der Waals surface area contributed by atoms with Gasteiger partial charge in [0.25, 0.3) is 0 Å². The zero-order chi connectivity index (χ0) is 17.0. The minimum absolute atomic E-state index is 0.0535. The van der Waals surface area contributed by atoms with Crippen LogP contribution in [0.15, 0.2) is 24.3 Å². The molecule has 0 aliphatic rings. The molecule has 1 aromatic carbocycles. The van der Waals surface area contributed by atoms with Crippen molar-refractivity contribution in [2.24, 2.45) is 5.73 Å². The molecule has 0 saturated carbocycles. The van der Waals surface area contributed by atoms with Gasteiger partial charge in [0.2, 0.25) is 5.91 Å². The van der Waals surface area contributed by atoms with E-state index in [-0.39, 0.29) is 18.5 Å². The van der Waals surface area contributed by atoms with Gasteiger partial charge < -0.3 is 11.1 Å². The normalized spacial score (nSPS) is 13.8.